The fourth-order valence-corrected chi connectivity index (χ4v) is 3.28. The van der Waals surface area contributed by atoms with E-state index in [-0.39, 0.29) is 24.6 Å². The SMILES string of the molecule is CCCOC(=O)C1=C(C)NC(=O)NC1c1cccc(OC)c1OCc1ccc(F)cc1. The normalized spacial score (nSPS) is 15.7. The van der Waals surface area contributed by atoms with E-state index in [2.05, 4.69) is 10.6 Å². The van der Waals surface area contributed by atoms with Gasteiger partial charge in [-0.05, 0) is 37.1 Å². The molecule has 1 heterocycles. The van der Waals surface area contributed by atoms with Crippen molar-refractivity contribution in [2.45, 2.75) is 32.9 Å². The lowest BCUT2D eigenvalue weighted by Gasteiger charge is -2.29. The van der Waals surface area contributed by atoms with Gasteiger partial charge >= 0.3 is 12.0 Å². The maximum Gasteiger partial charge on any atom is 0.338 e. The standard InChI is InChI=1S/C23H25FN2O5/c1-4-12-30-22(27)19-14(2)25-23(28)26-20(19)17-6-5-7-18(29-3)21(17)31-13-15-8-10-16(24)11-9-15/h5-11,20H,4,12-13H2,1-3H3,(H2,25,26,28). The van der Waals surface area contributed by atoms with Crippen LogP contribution in [0.4, 0.5) is 9.18 Å². The quantitative estimate of drug-likeness (QED) is 0.621. The second-order valence-electron chi connectivity index (χ2n) is 7.00. The fourth-order valence-electron chi connectivity index (χ4n) is 3.28. The van der Waals surface area contributed by atoms with Crippen molar-refractivity contribution in [1.29, 1.82) is 0 Å². The molecule has 0 aromatic heterocycles. The summed E-state index contributed by atoms with van der Waals surface area (Å²) < 4.78 is 30.0. The maximum atomic E-state index is 13.2. The number of carbonyl (C=O) groups is 2. The number of esters is 1. The summed E-state index contributed by atoms with van der Waals surface area (Å²) >= 11 is 0. The van der Waals surface area contributed by atoms with Crippen LogP contribution < -0.4 is 20.1 Å². The zero-order chi connectivity index (χ0) is 22.4. The Balaban J connectivity index is 1.99. The summed E-state index contributed by atoms with van der Waals surface area (Å²) in [5, 5.41) is 5.39. The van der Waals surface area contributed by atoms with E-state index < -0.39 is 18.0 Å². The van der Waals surface area contributed by atoms with Gasteiger partial charge in [-0.1, -0.05) is 31.2 Å². The first kappa shape index (κ1) is 22.1. The van der Waals surface area contributed by atoms with E-state index >= 15 is 0 Å². The van der Waals surface area contributed by atoms with Crippen LogP contribution in [0.3, 0.4) is 0 Å². The van der Waals surface area contributed by atoms with Crippen molar-refractivity contribution in [3.8, 4) is 11.5 Å². The number of halogens is 1. The van der Waals surface area contributed by atoms with Gasteiger partial charge in [0.25, 0.3) is 0 Å². The minimum absolute atomic E-state index is 0.144. The van der Waals surface area contributed by atoms with Gasteiger partial charge in [-0.2, -0.15) is 0 Å². The Kier molecular flexibility index (Phi) is 7.12. The number of urea groups is 1. The van der Waals surface area contributed by atoms with Gasteiger partial charge in [-0.15, -0.1) is 0 Å². The molecule has 8 heteroatoms. The fraction of sp³-hybridized carbons (Fsp3) is 0.304. The molecule has 0 saturated carbocycles. The Morgan fingerprint density at radius 3 is 2.58 bits per heavy atom. The number of para-hydroxylation sites is 1. The summed E-state index contributed by atoms with van der Waals surface area (Å²) in [5.74, 6) is -0.0550. The van der Waals surface area contributed by atoms with Crippen molar-refractivity contribution in [3.63, 3.8) is 0 Å². The molecule has 31 heavy (non-hydrogen) atoms. The first-order valence-corrected chi connectivity index (χ1v) is 9.94. The van der Waals surface area contributed by atoms with Crippen LogP contribution in [0, 0.1) is 5.82 Å². The van der Waals surface area contributed by atoms with Gasteiger partial charge in [0, 0.05) is 11.3 Å². The van der Waals surface area contributed by atoms with Crippen LogP contribution in [0.15, 0.2) is 53.7 Å². The highest BCUT2D eigenvalue weighted by atomic mass is 19.1. The number of hydrogen-bond donors (Lipinski definition) is 2. The number of nitrogens with one attached hydrogen (secondary N) is 2. The van der Waals surface area contributed by atoms with Crippen LogP contribution in [-0.2, 0) is 16.1 Å². The highest BCUT2D eigenvalue weighted by molar-refractivity contribution is 5.95. The van der Waals surface area contributed by atoms with E-state index in [1.165, 1.54) is 19.2 Å². The van der Waals surface area contributed by atoms with Crippen molar-refractivity contribution in [1.82, 2.24) is 10.6 Å². The molecule has 0 spiro atoms. The summed E-state index contributed by atoms with van der Waals surface area (Å²) in [6, 6.07) is 9.92. The molecule has 0 aliphatic carbocycles. The van der Waals surface area contributed by atoms with Gasteiger partial charge in [-0.25, -0.2) is 14.0 Å². The van der Waals surface area contributed by atoms with Crippen LogP contribution in [0.5, 0.6) is 11.5 Å². The number of rotatable bonds is 8. The topological polar surface area (TPSA) is 85.9 Å². The van der Waals surface area contributed by atoms with E-state index in [0.29, 0.717) is 29.2 Å². The summed E-state index contributed by atoms with van der Waals surface area (Å²) in [4.78, 5) is 25.0. The average Bonchev–Trinajstić information content (AvgIpc) is 2.76. The van der Waals surface area contributed by atoms with E-state index in [0.717, 1.165) is 5.56 Å². The predicted octanol–water partition coefficient (Wildman–Crippen LogP) is 3.99. The minimum Gasteiger partial charge on any atom is -0.493 e. The van der Waals surface area contributed by atoms with Crippen LogP contribution >= 0.6 is 0 Å². The first-order valence-electron chi connectivity index (χ1n) is 9.94. The molecule has 164 valence electrons. The summed E-state index contributed by atoms with van der Waals surface area (Å²) in [6.07, 6.45) is 0.674. The zero-order valence-electron chi connectivity index (χ0n) is 17.7. The highest BCUT2D eigenvalue weighted by Gasteiger charge is 2.34. The van der Waals surface area contributed by atoms with Gasteiger partial charge in [0.1, 0.15) is 12.4 Å². The Hall–Kier alpha value is -3.55. The molecule has 2 amide bonds. The lowest BCUT2D eigenvalue weighted by molar-refractivity contribution is -0.139. The number of ether oxygens (including phenoxy) is 3. The molecule has 0 radical (unpaired) electrons. The van der Waals surface area contributed by atoms with Crippen LogP contribution in [-0.4, -0.2) is 25.7 Å². The summed E-state index contributed by atoms with van der Waals surface area (Å²) in [6.45, 7) is 3.96. The lowest BCUT2D eigenvalue weighted by Crippen LogP contribution is -2.45. The largest absolute Gasteiger partial charge is 0.493 e. The van der Waals surface area contributed by atoms with Crippen LogP contribution in [0.2, 0.25) is 0 Å². The molecule has 7 nitrogen and oxygen atoms in total. The number of allylic oxidation sites excluding steroid dienone is 1. The molecule has 1 atom stereocenters. The van der Waals surface area contributed by atoms with Gasteiger partial charge in [0.05, 0.1) is 25.3 Å². The van der Waals surface area contributed by atoms with E-state index in [1.807, 2.05) is 6.92 Å². The summed E-state index contributed by atoms with van der Waals surface area (Å²) in [5.41, 5.74) is 1.98. The molecule has 0 bridgehead atoms. The number of hydrogen-bond acceptors (Lipinski definition) is 5. The molecule has 2 aromatic carbocycles. The third-order valence-electron chi connectivity index (χ3n) is 4.76. The molecule has 3 rings (SSSR count). The molecule has 1 aliphatic heterocycles. The number of methoxy groups -OCH3 is 1. The van der Waals surface area contributed by atoms with Gasteiger partial charge in [0.2, 0.25) is 0 Å². The Morgan fingerprint density at radius 1 is 1.16 bits per heavy atom. The molecule has 0 fully saturated rings. The van der Waals surface area contributed by atoms with Gasteiger partial charge in [-0.3, -0.25) is 0 Å². The first-order chi connectivity index (χ1) is 14.9. The second-order valence-corrected chi connectivity index (χ2v) is 7.00. The number of carbonyl (C=O) groups excluding carboxylic acids is 2. The highest BCUT2D eigenvalue weighted by Crippen LogP contribution is 2.39. The predicted molar refractivity (Wildman–Crippen MR) is 112 cm³/mol. The minimum atomic E-state index is -0.795. The van der Waals surface area contributed by atoms with E-state index in [9.17, 15) is 14.0 Å². The van der Waals surface area contributed by atoms with Crippen molar-refractivity contribution >= 4 is 12.0 Å². The zero-order valence-corrected chi connectivity index (χ0v) is 17.7. The number of benzene rings is 2. The van der Waals surface area contributed by atoms with Gasteiger partial charge in [0.15, 0.2) is 11.5 Å². The van der Waals surface area contributed by atoms with Crippen molar-refractivity contribution in [2.24, 2.45) is 0 Å². The third-order valence-corrected chi connectivity index (χ3v) is 4.76. The van der Waals surface area contributed by atoms with Crippen LogP contribution in [0.1, 0.15) is 37.4 Å². The van der Waals surface area contributed by atoms with Gasteiger partial charge < -0.3 is 24.8 Å². The Labute approximate surface area is 180 Å². The molecule has 0 saturated heterocycles. The monoisotopic (exact) mass is 428 g/mol. The van der Waals surface area contributed by atoms with E-state index in [4.69, 9.17) is 14.2 Å². The molecule has 1 aliphatic rings. The van der Waals surface area contributed by atoms with Crippen molar-refractivity contribution in [2.75, 3.05) is 13.7 Å². The molecule has 2 aromatic rings. The lowest BCUT2D eigenvalue weighted by atomic mass is 9.94. The molecular formula is C23H25FN2O5. The maximum absolute atomic E-state index is 13.2. The van der Waals surface area contributed by atoms with Crippen molar-refractivity contribution in [3.05, 3.63) is 70.7 Å². The average molecular weight is 428 g/mol. The molecule has 1 unspecified atom stereocenters. The number of amides is 2. The Bertz CT molecular complexity index is 988. The smallest absolute Gasteiger partial charge is 0.338 e. The van der Waals surface area contributed by atoms with Crippen LogP contribution in [0.25, 0.3) is 0 Å². The van der Waals surface area contributed by atoms with Crippen molar-refractivity contribution < 1.29 is 28.2 Å². The molecule has 2 N–H and O–H groups in total. The molecular weight excluding hydrogens is 403 g/mol. The van der Waals surface area contributed by atoms with E-state index in [1.54, 1.807) is 37.3 Å². The second kappa shape index (κ2) is 9.97. The summed E-state index contributed by atoms with van der Waals surface area (Å²) in [7, 11) is 1.50. The third kappa shape index (κ3) is 5.14. The Morgan fingerprint density at radius 2 is 1.90 bits per heavy atom.